The fourth-order valence-electron chi connectivity index (χ4n) is 5.05. The van der Waals surface area contributed by atoms with Gasteiger partial charge in [-0.2, -0.15) is 5.10 Å². The lowest BCUT2D eigenvalue weighted by molar-refractivity contribution is -0.105. The Kier molecular flexibility index (Phi) is 5.68. The van der Waals surface area contributed by atoms with Crippen molar-refractivity contribution in [2.24, 2.45) is 23.2 Å². The zero-order valence-corrected chi connectivity index (χ0v) is 19.3. The van der Waals surface area contributed by atoms with Crippen LogP contribution in [-0.2, 0) is 6.54 Å². The molecule has 0 spiro atoms. The smallest absolute Gasteiger partial charge is 0.283 e. The number of hydrogen-bond donors (Lipinski definition) is 1. The molecular weight excluding hydrogens is 454 g/mol. The van der Waals surface area contributed by atoms with Crippen molar-refractivity contribution in [1.82, 2.24) is 9.78 Å². The lowest BCUT2D eigenvalue weighted by Gasteiger charge is -2.62. The van der Waals surface area contributed by atoms with Gasteiger partial charge in [0.25, 0.3) is 5.56 Å². The van der Waals surface area contributed by atoms with Crippen molar-refractivity contribution in [2.45, 2.75) is 46.2 Å². The molecule has 0 unspecified atom stereocenters. The van der Waals surface area contributed by atoms with Crippen molar-refractivity contribution in [1.29, 1.82) is 0 Å². The number of hydrogen-bond acceptors (Lipinski definition) is 4. The maximum atomic E-state index is 12.7. The van der Waals surface area contributed by atoms with E-state index in [9.17, 15) is 4.79 Å². The number of anilines is 1. The molecule has 3 aliphatic rings. The van der Waals surface area contributed by atoms with Crippen LogP contribution in [0.5, 0.6) is 5.75 Å². The van der Waals surface area contributed by atoms with Crippen LogP contribution in [0.4, 0.5) is 5.69 Å². The van der Waals surface area contributed by atoms with E-state index in [4.69, 9.17) is 16.3 Å². The first kappa shape index (κ1) is 20.7. The number of aromatic nitrogens is 2. The van der Waals surface area contributed by atoms with Crippen molar-refractivity contribution in [3.8, 4) is 5.75 Å². The molecule has 0 aliphatic heterocycles. The zero-order valence-electron chi connectivity index (χ0n) is 17.0. The van der Waals surface area contributed by atoms with Crippen LogP contribution in [0, 0.1) is 23.2 Å². The van der Waals surface area contributed by atoms with Gasteiger partial charge in [0, 0.05) is 11.1 Å². The Hall–Kier alpha value is -1.53. The molecule has 5 rings (SSSR count). The van der Waals surface area contributed by atoms with Gasteiger partial charge in [0.1, 0.15) is 16.8 Å². The normalized spacial score (nSPS) is 27.2. The Morgan fingerprint density at radius 2 is 2.03 bits per heavy atom. The van der Waals surface area contributed by atoms with E-state index in [2.05, 4.69) is 47.1 Å². The first-order chi connectivity index (χ1) is 13.8. The predicted molar refractivity (Wildman–Crippen MR) is 120 cm³/mol. The Morgan fingerprint density at radius 1 is 1.31 bits per heavy atom. The Labute approximate surface area is 184 Å². The number of halogens is 2. The molecule has 1 N–H and O–H groups in total. The van der Waals surface area contributed by atoms with Gasteiger partial charge in [0.15, 0.2) is 0 Å². The molecule has 0 radical (unpaired) electrons. The third-order valence-electron chi connectivity index (χ3n) is 7.07. The molecule has 3 fully saturated rings. The number of ether oxygens (including phenoxy) is 1. The minimum atomic E-state index is -0.149. The molecule has 4 atom stereocenters. The van der Waals surface area contributed by atoms with Crippen LogP contribution in [0.15, 0.2) is 39.7 Å². The molecule has 0 amide bonds. The highest BCUT2D eigenvalue weighted by molar-refractivity contribution is 9.10. The fourth-order valence-corrected chi connectivity index (χ4v) is 5.59. The first-order valence-corrected chi connectivity index (χ1v) is 11.3. The highest BCUT2D eigenvalue weighted by Crippen LogP contribution is 2.61. The summed E-state index contributed by atoms with van der Waals surface area (Å²) in [6, 6.07) is 7.54. The SMILES string of the molecule is C[C@H]1[C@H](Nc2cnn(CCOc3ccc(Cl)cc3)c(=O)c2Br)C[C@H]2C[C@@H]1C2(C)C. The van der Waals surface area contributed by atoms with E-state index in [1.54, 1.807) is 30.5 Å². The molecule has 1 aromatic heterocycles. The number of benzene rings is 1. The third-order valence-corrected chi connectivity index (χ3v) is 8.08. The van der Waals surface area contributed by atoms with E-state index >= 15 is 0 Å². The molecular formula is C22H27BrClN3O2. The summed E-state index contributed by atoms with van der Waals surface area (Å²) < 4.78 is 7.63. The van der Waals surface area contributed by atoms with E-state index in [1.165, 1.54) is 11.1 Å². The summed E-state index contributed by atoms with van der Waals surface area (Å²) in [6.07, 6.45) is 4.22. The topological polar surface area (TPSA) is 56.1 Å². The van der Waals surface area contributed by atoms with Crippen LogP contribution in [-0.4, -0.2) is 22.4 Å². The van der Waals surface area contributed by atoms with Gasteiger partial charge in [0.2, 0.25) is 0 Å². The molecule has 3 aliphatic carbocycles. The molecule has 1 heterocycles. The number of fused-ring (bicyclic) bond motifs is 2. The Morgan fingerprint density at radius 3 is 2.69 bits per heavy atom. The second-order valence-corrected chi connectivity index (χ2v) is 10.1. The minimum Gasteiger partial charge on any atom is -0.492 e. The summed E-state index contributed by atoms with van der Waals surface area (Å²) in [6.45, 7) is 7.84. The maximum absolute atomic E-state index is 12.7. The second kappa shape index (κ2) is 7.95. The van der Waals surface area contributed by atoms with E-state index in [0.717, 1.165) is 23.9 Å². The van der Waals surface area contributed by atoms with Gasteiger partial charge in [-0.25, -0.2) is 4.68 Å². The highest BCUT2D eigenvalue weighted by atomic mass is 79.9. The quantitative estimate of drug-likeness (QED) is 0.616. The Bertz CT molecular complexity index is 944. The van der Waals surface area contributed by atoms with Crippen LogP contribution in [0.1, 0.15) is 33.6 Å². The number of nitrogens with one attached hydrogen (secondary N) is 1. The van der Waals surface area contributed by atoms with E-state index < -0.39 is 0 Å². The molecule has 29 heavy (non-hydrogen) atoms. The molecule has 3 saturated carbocycles. The van der Waals surface area contributed by atoms with Crippen LogP contribution in [0.25, 0.3) is 0 Å². The maximum Gasteiger partial charge on any atom is 0.283 e. The van der Waals surface area contributed by atoms with Gasteiger partial charge in [-0.05, 0) is 76.2 Å². The van der Waals surface area contributed by atoms with Crippen molar-refractivity contribution in [2.75, 3.05) is 11.9 Å². The van der Waals surface area contributed by atoms with Crippen LogP contribution >= 0.6 is 27.5 Å². The Balaban J connectivity index is 1.39. The van der Waals surface area contributed by atoms with Crippen molar-refractivity contribution in [3.05, 3.63) is 50.3 Å². The molecule has 1 aromatic carbocycles. The van der Waals surface area contributed by atoms with Crippen LogP contribution in [0.2, 0.25) is 5.02 Å². The van der Waals surface area contributed by atoms with E-state index in [0.29, 0.717) is 45.8 Å². The summed E-state index contributed by atoms with van der Waals surface area (Å²) in [7, 11) is 0. The minimum absolute atomic E-state index is 0.149. The van der Waals surface area contributed by atoms with Gasteiger partial charge in [-0.1, -0.05) is 32.4 Å². The zero-order chi connectivity index (χ0) is 20.8. The van der Waals surface area contributed by atoms with Gasteiger partial charge in [0.05, 0.1) is 18.4 Å². The molecule has 2 aromatic rings. The monoisotopic (exact) mass is 479 g/mol. The largest absolute Gasteiger partial charge is 0.492 e. The summed E-state index contributed by atoms with van der Waals surface area (Å²) in [5.74, 6) is 2.80. The average molecular weight is 481 g/mol. The lowest BCUT2D eigenvalue weighted by Crippen LogP contribution is -2.58. The predicted octanol–water partition coefficient (Wildman–Crippen LogP) is 5.22. The summed E-state index contributed by atoms with van der Waals surface area (Å²) in [5.41, 5.74) is 1.07. The summed E-state index contributed by atoms with van der Waals surface area (Å²) in [5, 5.41) is 8.59. The third kappa shape index (κ3) is 3.93. The first-order valence-electron chi connectivity index (χ1n) is 10.2. The fraction of sp³-hybridized carbons (Fsp3) is 0.545. The van der Waals surface area contributed by atoms with Crippen molar-refractivity contribution < 1.29 is 4.74 Å². The average Bonchev–Trinajstić information content (AvgIpc) is 2.69. The van der Waals surface area contributed by atoms with E-state index in [-0.39, 0.29) is 5.56 Å². The summed E-state index contributed by atoms with van der Waals surface area (Å²) >= 11 is 9.36. The summed E-state index contributed by atoms with van der Waals surface area (Å²) in [4.78, 5) is 12.7. The molecule has 156 valence electrons. The molecule has 2 bridgehead atoms. The van der Waals surface area contributed by atoms with Crippen LogP contribution < -0.4 is 15.6 Å². The molecule has 7 heteroatoms. The van der Waals surface area contributed by atoms with Gasteiger partial charge < -0.3 is 10.1 Å². The van der Waals surface area contributed by atoms with Crippen LogP contribution in [0.3, 0.4) is 0 Å². The number of nitrogens with zero attached hydrogens (tertiary/aromatic N) is 2. The van der Waals surface area contributed by atoms with Crippen molar-refractivity contribution >= 4 is 33.2 Å². The molecule has 5 nitrogen and oxygen atoms in total. The molecule has 0 saturated heterocycles. The van der Waals surface area contributed by atoms with Crippen molar-refractivity contribution in [3.63, 3.8) is 0 Å². The highest BCUT2D eigenvalue weighted by Gasteiger charge is 2.56. The second-order valence-electron chi connectivity index (χ2n) is 8.91. The van der Waals surface area contributed by atoms with Gasteiger partial charge in [-0.3, -0.25) is 4.79 Å². The van der Waals surface area contributed by atoms with Gasteiger partial charge >= 0.3 is 0 Å². The standard InChI is InChI=1S/C22H27BrClN3O2/c1-13-17-10-14(22(17,2)3)11-18(13)26-19-12-25-27(21(28)20(19)23)8-9-29-16-6-4-15(24)5-7-16/h4-7,12-14,17-18,26H,8-11H2,1-3H3/t13-,14-,17+,18-/m1/s1. The lowest BCUT2D eigenvalue weighted by atomic mass is 9.45. The van der Waals surface area contributed by atoms with E-state index in [1.807, 2.05) is 0 Å². The van der Waals surface area contributed by atoms with Gasteiger partial charge in [-0.15, -0.1) is 0 Å². The number of rotatable bonds is 6.